The fourth-order valence-corrected chi connectivity index (χ4v) is 3.80. The van der Waals surface area contributed by atoms with E-state index < -0.39 is 11.9 Å². The molecule has 0 bridgehead atoms. The summed E-state index contributed by atoms with van der Waals surface area (Å²) in [7, 11) is 1.83. The molecule has 1 aliphatic carbocycles. The summed E-state index contributed by atoms with van der Waals surface area (Å²) in [4.78, 5) is 50.9. The highest BCUT2D eigenvalue weighted by atomic mass is 16.2. The number of piperidine rings is 1. The van der Waals surface area contributed by atoms with E-state index in [9.17, 15) is 19.2 Å². The lowest BCUT2D eigenvalue weighted by molar-refractivity contribution is -0.135. The highest BCUT2D eigenvalue weighted by Gasteiger charge is 2.30. The van der Waals surface area contributed by atoms with Crippen molar-refractivity contribution in [3.8, 4) is 0 Å². The van der Waals surface area contributed by atoms with Gasteiger partial charge in [0.05, 0.1) is 10.9 Å². The molecule has 8 heteroatoms. The Morgan fingerprint density at radius 3 is 2.69 bits per heavy atom. The number of carbonyl (C=O) groups is 3. The monoisotopic (exact) mass is 436 g/mol. The second-order valence-electron chi connectivity index (χ2n) is 8.08. The summed E-state index contributed by atoms with van der Waals surface area (Å²) in [6.07, 6.45) is 8.34. The number of aldehydes is 1. The third-order valence-electron chi connectivity index (χ3n) is 5.52. The van der Waals surface area contributed by atoms with Crippen molar-refractivity contribution in [3.63, 3.8) is 0 Å². The second-order valence-corrected chi connectivity index (χ2v) is 8.08. The van der Waals surface area contributed by atoms with E-state index in [1.54, 1.807) is 13.0 Å². The Morgan fingerprint density at radius 1 is 1.28 bits per heavy atom. The smallest absolute Gasteiger partial charge is 0.262 e. The van der Waals surface area contributed by atoms with Crippen LogP contribution in [-0.4, -0.2) is 34.7 Å². The Kier molecular flexibility index (Phi) is 7.48. The maximum absolute atomic E-state index is 12.9. The predicted molar refractivity (Wildman–Crippen MR) is 122 cm³/mol. The maximum atomic E-state index is 12.9. The Hall–Kier alpha value is -3.39. The SMILES string of the molecule is CC1C=CC(C=O)=CC1.CNCc1ccc2nc(C)n(C3CCC(=O)NC3=O)c(=O)c2c1. The van der Waals surface area contributed by atoms with Gasteiger partial charge in [-0.2, -0.15) is 0 Å². The van der Waals surface area contributed by atoms with E-state index in [0.717, 1.165) is 23.8 Å². The molecule has 2 N–H and O–H groups in total. The first-order chi connectivity index (χ1) is 15.3. The van der Waals surface area contributed by atoms with Gasteiger partial charge in [0.25, 0.3) is 5.56 Å². The Morgan fingerprint density at radius 2 is 2.06 bits per heavy atom. The largest absolute Gasteiger partial charge is 0.316 e. The van der Waals surface area contributed by atoms with E-state index >= 15 is 0 Å². The van der Waals surface area contributed by atoms with Crippen molar-refractivity contribution in [2.24, 2.45) is 5.92 Å². The molecule has 1 aliphatic heterocycles. The lowest BCUT2D eigenvalue weighted by atomic mass is 9.99. The standard InChI is InChI=1S/C16H18N4O3.C8H10O/c1-9-18-12-4-3-10(8-17-2)7-11(12)16(23)20(9)13-5-6-14(21)19-15(13)22;1-7-2-4-8(6-9)5-3-7/h3-4,7,13,17H,5-6,8H2,1-2H3,(H,19,21,22);2,4-7H,3H2,1H3. The lowest BCUT2D eigenvalue weighted by Gasteiger charge is -2.24. The van der Waals surface area contributed by atoms with E-state index in [2.05, 4.69) is 28.6 Å². The van der Waals surface area contributed by atoms with Gasteiger partial charge in [-0.1, -0.05) is 31.2 Å². The first-order valence-electron chi connectivity index (χ1n) is 10.7. The van der Waals surface area contributed by atoms with Crippen molar-refractivity contribution in [1.82, 2.24) is 20.2 Å². The molecule has 1 aromatic carbocycles. The number of rotatable bonds is 4. The molecule has 2 aliphatic rings. The van der Waals surface area contributed by atoms with Gasteiger partial charge < -0.3 is 5.32 Å². The number of amides is 2. The fraction of sp³-hybridized carbons (Fsp3) is 0.375. The molecule has 2 atom stereocenters. The van der Waals surface area contributed by atoms with E-state index in [-0.39, 0.29) is 17.9 Å². The highest BCUT2D eigenvalue weighted by Crippen LogP contribution is 2.20. The zero-order chi connectivity index (χ0) is 23.3. The number of fused-ring (bicyclic) bond motifs is 1. The number of hydrogen-bond acceptors (Lipinski definition) is 6. The molecule has 168 valence electrons. The van der Waals surface area contributed by atoms with Crippen molar-refractivity contribution in [3.05, 3.63) is 63.7 Å². The van der Waals surface area contributed by atoms with Gasteiger partial charge in [0, 0.05) is 18.5 Å². The minimum Gasteiger partial charge on any atom is -0.316 e. The van der Waals surface area contributed by atoms with Crippen molar-refractivity contribution >= 4 is 29.0 Å². The van der Waals surface area contributed by atoms with Crippen LogP contribution in [0.5, 0.6) is 0 Å². The summed E-state index contributed by atoms with van der Waals surface area (Å²) in [6.45, 7) is 4.47. The van der Waals surface area contributed by atoms with Gasteiger partial charge in [-0.25, -0.2) is 4.98 Å². The minimum atomic E-state index is -0.690. The summed E-state index contributed by atoms with van der Waals surface area (Å²) in [6, 6.07) is 4.83. The lowest BCUT2D eigenvalue weighted by Crippen LogP contribution is -2.45. The molecule has 2 unspecified atom stereocenters. The van der Waals surface area contributed by atoms with E-state index in [0.29, 0.717) is 35.6 Å². The van der Waals surface area contributed by atoms with Gasteiger partial charge in [0.1, 0.15) is 18.2 Å². The molecule has 32 heavy (non-hydrogen) atoms. The summed E-state index contributed by atoms with van der Waals surface area (Å²) >= 11 is 0. The average Bonchev–Trinajstić information content (AvgIpc) is 2.77. The Balaban J connectivity index is 0.000000269. The van der Waals surface area contributed by atoms with Crippen LogP contribution in [0.25, 0.3) is 10.9 Å². The molecule has 2 heterocycles. The van der Waals surface area contributed by atoms with Crippen molar-refractivity contribution in [1.29, 1.82) is 0 Å². The molecule has 0 radical (unpaired) electrons. The second kappa shape index (κ2) is 10.3. The van der Waals surface area contributed by atoms with Crippen molar-refractivity contribution in [2.45, 2.75) is 45.7 Å². The minimum absolute atomic E-state index is 0.222. The number of imide groups is 1. The van der Waals surface area contributed by atoms with Crippen LogP contribution in [0.3, 0.4) is 0 Å². The topological polar surface area (TPSA) is 110 Å². The normalized spacial score (nSPS) is 20.3. The molecule has 4 rings (SSSR count). The molecule has 2 aromatic rings. The summed E-state index contributed by atoms with van der Waals surface area (Å²) in [5.74, 6) is 0.327. The van der Waals surface area contributed by atoms with Crippen molar-refractivity contribution in [2.75, 3.05) is 7.05 Å². The van der Waals surface area contributed by atoms with Gasteiger partial charge in [0.2, 0.25) is 11.8 Å². The number of nitrogens with one attached hydrogen (secondary N) is 2. The van der Waals surface area contributed by atoms with E-state index in [1.807, 2.05) is 31.3 Å². The molecular formula is C24H28N4O4. The molecular weight excluding hydrogens is 408 g/mol. The van der Waals surface area contributed by atoms with E-state index in [1.165, 1.54) is 4.57 Å². The number of carbonyl (C=O) groups excluding carboxylic acids is 3. The predicted octanol–water partition coefficient (Wildman–Crippen LogP) is 2.11. The Bertz CT molecular complexity index is 1160. The van der Waals surface area contributed by atoms with Crippen LogP contribution in [0.4, 0.5) is 0 Å². The van der Waals surface area contributed by atoms with Crippen LogP contribution in [0.15, 0.2) is 46.8 Å². The van der Waals surface area contributed by atoms with Gasteiger partial charge in [-0.3, -0.25) is 29.1 Å². The number of nitrogens with zero attached hydrogens (tertiary/aromatic N) is 2. The number of aryl methyl sites for hydroxylation is 1. The summed E-state index contributed by atoms with van der Waals surface area (Å²) in [5.41, 5.74) is 2.14. The average molecular weight is 437 g/mol. The van der Waals surface area contributed by atoms with Crippen LogP contribution >= 0.6 is 0 Å². The quantitative estimate of drug-likeness (QED) is 0.561. The molecule has 0 saturated carbocycles. The maximum Gasteiger partial charge on any atom is 0.262 e. The van der Waals surface area contributed by atoms with Crippen molar-refractivity contribution < 1.29 is 14.4 Å². The molecule has 1 fully saturated rings. The van der Waals surface area contributed by atoms with Crippen LogP contribution in [-0.2, 0) is 20.9 Å². The molecule has 1 saturated heterocycles. The summed E-state index contributed by atoms with van der Waals surface area (Å²) in [5, 5.41) is 5.80. The zero-order valence-corrected chi connectivity index (χ0v) is 18.6. The number of allylic oxidation sites excluding steroid dienone is 4. The number of benzene rings is 1. The number of hydrogen-bond donors (Lipinski definition) is 2. The molecule has 2 amide bonds. The first kappa shape index (κ1) is 23.3. The Labute approximate surface area is 186 Å². The van der Waals surface area contributed by atoms with Crippen LogP contribution < -0.4 is 16.2 Å². The highest BCUT2D eigenvalue weighted by molar-refractivity contribution is 5.99. The molecule has 0 spiro atoms. The fourth-order valence-electron chi connectivity index (χ4n) is 3.80. The van der Waals surface area contributed by atoms with Gasteiger partial charge in [0.15, 0.2) is 0 Å². The zero-order valence-electron chi connectivity index (χ0n) is 18.6. The van der Waals surface area contributed by atoms with Gasteiger partial charge in [-0.05, 0) is 50.4 Å². The number of aromatic nitrogens is 2. The van der Waals surface area contributed by atoms with E-state index in [4.69, 9.17) is 0 Å². The third-order valence-corrected chi connectivity index (χ3v) is 5.52. The van der Waals surface area contributed by atoms with Crippen LogP contribution in [0.2, 0.25) is 0 Å². The summed E-state index contributed by atoms with van der Waals surface area (Å²) < 4.78 is 1.40. The van der Waals surface area contributed by atoms with Gasteiger partial charge in [-0.15, -0.1) is 0 Å². The van der Waals surface area contributed by atoms with Gasteiger partial charge >= 0.3 is 0 Å². The van der Waals surface area contributed by atoms with Crippen LogP contribution in [0.1, 0.15) is 43.6 Å². The molecule has 1 aromatic heterocycles. The van der Waals surface area contributed by atoms with Crippen LogP contribution in [0, 0.1) is 12.8 Å². The molecule has 8 nitrogen and oxygen atoms in total. The first-order valence-corrected chi connectivity index (χ1v) is 10.7. The third kappa shape index (κ3) is 5.26.